The number of nitrogens with zero attached hydrogens (tertiary/aromatic N) is 5. The summed E-state index contributed by atoms with van der Waals surface area (Å²) in [6, 6.07) is 5.70. The van der Waals surface area contributed by atoms with Crippen molar-refractivity contribution in [3.8, 4) is 0 Å². The van der Waals surface area contributed by atoms with Gasteiger partial charge in [0.15, 0.2) is 5.82 Å². The number of carbonyl (C=O) groups is 1. The molecule has 32 heavy (non-hydrogen) atoms. The summed E-state index contributed by atoms with van der Waals surface area (Å²) in [7, 11) is 0. The van der Waals surface area contributed by atoms with Crippen LogP contribution in [-0.2, 0) is 32.1 Å². The Labute approximate surface area is 178 Å². The van der Waals surface area contributed by atoms with Gasteiger partial charge in [-0.15, -0.1) is 10.2 Å². The average Bonchev–Trinajstić information content (AvgIpc) is 3.19. The number of carbonyl (C=O) groups excluding carboxylic acids is 1. The number of halogens is 4. The largest absolute Gasteiger partial charge is 0.451 e. The number of H-pyrrole nitrogens is 1. The van der Waals surface area contributed by atoms with Crippen molar-refractivity contribution in [2.75, 3.05) is 6.54 Å². The van der Waals surface area contributed by atoms with Crippen LogP contribution in [0.5, 0.6) is 0 Å². The molecule has 4 rings (SSSR count). The lowest BCUT2D eigenvalue weighted by molar-refractivity contribution is -0.147. The van der Waals surface area contributed by atoms with Crippen molar-refractivity contribution < 1.29 is 22.4 Å². The zero-order chi connectivity index (χ0) is 23.0. The van der Waals surface area contributed by atoms with Crippen molar-refractivity contribution in [3.63, 3.8) is 0 Å². The number of hydrogen-bond acceptors (Lipinski definition) is 5. The van der Waals surface area contributed by atoms with Crippen molar-refractivity contribution in [2.24, 2.45) is 0 Å². The topological polar surface area (TPSA) is 96.8 Å². The molecule has 1 aliphatic heterocycles. The lowest BCUT2D eigenvalue weighted by atomic mass is 10.0. The molecule has 0 saturated heterocycles. The van der Waals surface area contributed by atoms with Gasteiger partial charge in [-0.05, 0) is 30.2 Å². The van der Waals surface area contributed by atoms with E-state index in [1.165, 1.54) is 17.0 Å². The number of benzene rings is 1. The van der Waals surface area contributed by atoms with Crippen LogP contribution < -0.4 is 5.56 Å². The molecule has 12 heteroatoms. The molecular weight excluding hydrogens is 432 g/mol. The maximum absolute atomic E-state index is 14.4. The SMILES string of the molecule is CCc1cc(Cc2ccc(F)c(C(=O)N3CCn4c(nnc4C(F)(F)F)C3)c2)n[nH]c1=O. The highest BCUT2D eigenvalue weighted by Crippen LogP contribution is 2.29. The fourth-order valence-corrected chi connectivity index (χ4v) is 3.61. The predicted molar refractivity (Wildman–Crippen MR) is 103 cm³/mol. The van der Waals surface area contributed by atoms with Gasteiger partial charge in [0.05, 0.1) is 17.8 Å². The molecule has 0 aliphatic carbocycles. The number of aromatic nitrogens is 5. The number of amides is 1. The summed E-state index contributed by atoms with van der Waals surface area (Å²) in [5, 5.41) is 13.1. The Bertz CT molecular complexity index is 1230. The fraction of sp³-hybridized carbons (Fsp3) is 0.350. The summed E-state index contributed by atoms with van der Waals surface area (Å²) in [5.41, 5.74) is 1.22. The van der Waals surface area contributed by atoms with E-state index < -0.39 is 23.7 Å². The van der Waals surface area contributed by atoms with Crippen LogP contribution in [-0.4, -0.2) is 42.3 Å². The van der Waals surface area contributed by atoms with E-state index in [-0.39, 0.29) is 43.0 Å². The first kappa shape index (κ1) is 21.7. The maximum atomic E-state index is 14.4. The first-order chi connectivity index (χ1) is 15.2. The number of aryl methyl sites for hydroxylation is 1. The highest BCUT2D eigenvalue weighted by molar-refractivity contribution is 5.94. The summed E-state index contributed by atoms with van der Waals surface area (Å²) in [5.74, 6) is -2.54. The number of fused-ring (bicyclic) bond motifs is 1. The molecule has 0 unspecified atom stereocenters. The molecule has 0 radical (unpaired) electrons. The van der Waals surface area contributed by atoms with E-state index in [4.69, 9.17) is 0 Å². The van der Waals surface area contributed by atoms with Crippen LogP contribution in [0.15, 0.2) is 29.1 Å². The standard InChI is InChI=1S/C20H18F4N6O2/c1-2-12-9-13(25-27-17(12)31)7-11-3-4-15(21)14(8-11)18(32)29-5-6-30-16(10-29)26-28-19(30)20(22,23)24/h3-4,8-9H,2,5-7,10H2,1H3,(H,27,31). The Kier molecular flexibility index (Phi) is 5.53. The molecule has 0 fully saturated rings. The molecule has 1 aromatic carbocycles. The van der Waals surface area contributed by atoms with Crippen LogP contribution in [0.1, 0.15) is 45.8 Å². The minimum Gasteiger partial charge on any atom is -0.329 e. The summed E-state index contributed by atoms with van der Waals surface area (Å²) in [4.78, 5) is 25.8. The smallest absolute Gasteiger partial charge is 0.329 e. The third-order valence-electron chi connectivity index (χ3n) is 5.25. The lowest BCUT2D eigenvalue weighted by Crippen LogP contribution is -2.39. The molecule has 0 bridgehead atoms. The molecule has 2 aromatic heterocycles. The molecule has 3 heterocycles. The second kappa shape index (κ2) is 8.17. The summed E-state index contributed by atoms with van der Waals surface area (Å²) in [6.45, 7) is 1.43. The Morgan fingerprint density at radius 3 is 2.69 bits per heavy atom. The normalized spacial score (nSPS) is 13.8. The van der Waals surface area contributed by atoms with Crippen molar-refractivity contribution in [1.82, 2.24) is 29.9 Å². The molecule has 3 aromatic rings. The Morgan fingerprint density at radius 1 is 1.19 bits per heavy atom. The van der Waals surface area contributed by atoms with Crippen LogP contribution in [0.4, 0.5) is 17.6 Å². The zero-order valence-electron chi connectivity index (χ0n) is 16.9. The summed E-state index contributed by atoms with van der Waals surface area (Å²) < 4.78 is 54.4. The number of aromatic amines is 1. The Morgan fingerprint density at radius 2 is 1.97 bits per heavy atom. The highest BCUT2D eigenvalue weighted by atomic mass is 19.4. The number of rotatable bonds is 4. The average molecular weight is 450 g/mol. The molecule has 1 aliphatic rings. The van der Waals surface area contributed by atoms with Crippen LogP contribution in [0.25, 0.3) is 0 Å². The minimum atomic E-state index is -4.65. The van der Waals surface area contributed by atoms with E-state index in [2.05, 4.69) is 20.4 Å². The number of alkyl halides is 3. The molecule has 0 atom stereocenters. The van der Waals surface area contributed by atoms with Crippen molar-refractivity contribution in [2.45, 2.75) is 39.0 Å². The van der Waals surface area contributed by atoms with E-state index in [1.807, 2.05) is 6.92 Å². The van der Waals surface area contributed by atoms with Gasteiger partial charge in [-0.2, -0.15) is 18.3 Å². The van der Waals surface area contributed by atoms with Gasteiger partial charge < -0.3 is 9.47 Å². The van der Waals surface area contributed by atoms with Crippen LogP contribution in [0.3, 0.4) is 0 Å². The van der Waals surface area contributed by atoms with Gasteiger partial charge in [0, 0.05) is 25.1 Å². The molecule has 0 saturated carbocycles. The maximum Gasteiger partial charge on any atom is 0.451 e. The predicted octanol–water partition coefficient (Wildman–Crippen LogP) is 2.33. The van der Waals surface area contributed by atoms with Gasteiger partial charge in [-0.25, -0.2) is 9.49 Å². The molecule has 8 nitrogen and oxygen atoms in total. The van der Waals surface area contributed by atoms with Gasteiger partial charge >= 0.3 is 6.18 Å². The monoisotopic (exact) mass is 450 g/mol. The number of hydrogen-bond donors (Lipinski definition) is 1. The van der Waals surface area contributed by atoms with Crippen LogP contribution >= 0.6 is 0 Å². The number of nitrogens with one attached hydrogen (secondary N) is 1. The molecule has 168 valence electrons. The van der Waals surface area contributed by atoms with E-state index in [0.29, 0.717) is 23.2 Å². The van der Waals surface area contributed by atoms with E-state index in [9.17, 15) is 27.2 Å². The van der Waals surface area contributed by atoms with Gasteiger partial charge in [-0.3, -0.25) is 9.59 Å². The Balaban J connectivity index is 1.56. The quantitative estimate of drug-likeness (QED) is 0.616. The van der Waals surface area contributed by atoms with Gasteiger partial charge in [0.2, 0.25) is 5.82 Å². The van der Waals surface area contributed by atoms with E-state index in [0.717, 1.165) is 10.6 Å². The van der Waals surface area contributed by atoms with E-state index in [1.54, 1.807) is 6.07 Å². The van der Waals surface area contributed by atoms with E-state index >= 15 is 0 Å². The molecule has 1 N–H and O–H groups in total. The summed E-state index contributed by atoms with van der Waals surface area (Å²) in [6.07, 6.45) is -3.87. The van der Waals surface area contributed by atoms with Crippen LogP contribution in [0, 0.1) is 5.82 Å². The van der Waals surface area contributed by atoms with Crippen LogP contribution in [0.2, 0.25) is 0 Å². The third-order valence-corrected chi connectivity index (χ3v) is 5.25. The molecule has 0 spiro atoms. The first-order valence-electron chi connectivity index (χ1n) is 9.81. The lowest BCUT2D eigenvalue weighted by Gasteiger charge is -2.28. The van der Waals surface area contributed by atoms with Crippen molar-refractivity contribution >= 4 is 5.91 Å². The molecular formula is C20H18F4N6O2. The van der Waals surface area contributed by atoms with Crippen molar-refractivity contribution in [1.29, 1.82) is 0 Å². The van der Waals surface area contributed by atoms with Gasteiger partial charge in [0.1, 0.15) is 5.82 Å². The molecule has 1 amide bonds. The van der Waals surface area contributed by atoms with Gasteiger partial charge in [-0.1, -0.05) is 13.0 Å². The minimum absolute atomic E-state index is 0.0157. The summed E-state index contributed by atoms with van der Waals surface area (Å²) >= 11 is 0. The highest BCUT2D eigenvalue weighted by Gasteiger charge is 2.40. The first-order valence-corrected chi connectivity index (χ1v) is 9.81. The third kappa shape index (κ3) is 4.12. The second-order valence-corrected chi connectivity index (χ2v) is 7.37. The fourth-order valence-electron chi connectivity index (χ4n) is 3.61. The second-order valence-electron chi connectivity index (χ2n) is 7.37. The van der Waals surface area contributed by atoms with Gasteiger partial charge in [0.25, 0.3) is 11.5 Å². The van der Waals surface area contributed by atoms with Crippen molar-refractivity contribution in [3.05, 3.63) is 74.5 Å². The zero-order valence-corrected chi connectivity index (χ0v) is 16.9. The Hall–Kier alpha value is -3.57.